The van der Waals surface area contributed by atoms with E-state index in [4.69, 9.17) is 11.6 Å². The van der Waals surface area contributed by atoms with Crippen LogP contribution in [0.3, 0.4) is 0 Å². The molecular weight excluding hydrogens is 410 g/mol. The van der Waals surface area contributed by atoms with Gasteiger partial charge in [-0.05, 0) is 36.4 Å². The maximum atomic E-state index is 12.9. The Kier molecular flexibility index (Phi) is 5.04. The van der Waals surface area contributed by atoms with E-state index in [1.807, 2.05) is 29.0 Å². The Morgan fingerprint density at radius 1 is 1.10 bits per heavy atom. The highest BCUT2D eigenvalue weighted by atomic mass is 35.5. The van der Waals surface area contributed by atoms with Crippen molar-refractivity contribution in [2.75, 3.05) is 4.72 Å². The summed E-state index contributed by atoms with van der Waals surface area (Å²) in [4.78, 5) is 9.21. The van der Waals surface area contributed by atoms with Crippen LogP contribution in [0.4, 0.5) is 5.82 Å². The van der Waals surface area contributed by atoms with Gasteiger partial charge in [-0.3, -0.25) is 4.72 Å². The Morgan fingerprint density at radius 3 is 2.48 bits per heavy atom. The first-order chi connectivity index (χ1) is 14.0. The van der Waals surface area contributed by atoms with Crippen LogP contribution in [-0.4, -0.2) is 23.0 Å². The van der Waals surface area contributed by atoms with Crippen molar-refractivity contribution >= 4 is 38.5 Å². The summed E-state index contributed by atoms with van der Waals surface area (Å²) < 4.78 is 31.9. The summed E-state index contributed by atoms with van der Waals surface area (Å²) in [7, 11) is -3.88. The summed E-state index contributed by atoms with van der Waals surface area (Å²) in [5.74, 6) is 0.490. The maximum Gasteiger partial charge on any atom is 0.270 e. The summed E-state index contributed by atoms with van der Waals surface area (Å²) in [6.07, 6.45) is 7.18. The number of hydrogen-bond acceptors (Lipinski definition) is 4. The van der Waals surface area contributed by atoms with Gasteiger partial charge in [-0.1, -0.05) is 36.4 Å². The van der Waals surface area contributed by atoms with Gasteiger partial charge in [-0.25, -0.2) is 23.0 Å². The zero-order valence-corrected chi connectivity index (χ0v) is 16.8. The first kappa shape index (κ1) is 19.1. The van der Waals surface area contributed by atoms with Gasteiger partial charge in [0.2, 0.25) is 5.82 Å². The third kappa shape index (κ3) is 3.98. The number of rotatable bonds is 6. The average Bonchev–Trinajstić information content (AvgIpc) is 3.16. The summed E-state index contributed by atoms with van der Waals surface area (Å²) in [5.41, 5.74) is 1.23. The van der Waals surface area contributed by atoms with Gasteiger partial charge >= 0.3 is 0 Å². The lowest BCUT2D eigenvalue weighted by Crippen LogP contribution is -2.29. The number of nitrogens with zero attached hydrogens (tertiary/aromatic N) is 4. The lowest BCUT2D eigenvalue weighted by atomic mass is 10.3. The molecule has 4 rings (SSSR count). The molecule has 0 atom stereocenters. The van der Waals surface area contributed by atoms with Crippen LogP contribution < -0.4 is 9.29 Å². The highest BCUT2D eigenvalue weighted by Crippen LogP contribution is 2.23. The molecule has 0 aliphatic rings. The zero-order chi connectivity index (χ0) is 20.4. The molecule has 0 bridgehead atoms. The number of aromatic nitrogens is 4. The molecule has 2 heterocycles. The van der Waals surface area contributed by atoms with Gasteiger partial charge in [0, 0.05) is 5.02 Å². The number of benzene rings is 2. The molecule has 1 N–H and O–H groups in total. The Balaban J connectivity index is 1.83. The number of allylic oxidation sites excluding steroid dienone is 1. The fourth-order valence-electron chi connectivity index (χ4n) is 2.82. The van der Waals surface area contributed by atoms with E-state index in [9.17, 15) is 8.42 Å². The first-order valence-corrected chi connectivity index (χ1v) is 10.6. The average molecular weight is 427 g/mol. The lowest BCUT2D eigenvalue weighted by Gasteiger charge is -2.10. The second-order valence-electron chi connectivity index (χ2n) is 6.25. The van der Waals surface area contributed by atoms with E-state index in [1.165, 1.54) is 24.3 Å². The van der Waals surface area contributed by atoms with E-state index in [0.29, 0.717) is 28.4 Å². The van der Waals surface area contributed by atoms with Gasteiger partial charge < -0.3 is 0 Å². The fraction of sp³-hybridized carbons (Fsp3) is 0.0500. The number of hydrogen-bond donors (Lipinski definition) is 1. The second kappa shape index (κ2) is 7.65. The SMILES string of the molecule is C=CC[n+]1ccn(-c2nc3ccccc3nc2NS(=O)(=O)c2ccc(Cl)cc2)c1. The molecule has 0 spiro atoms. The molecule has 0 aliphatic heterocycles. The molecule has 9 heteroatoms. The second-order valence-corrected chi connectivity index (χ2v) is 8.37. The smallest absolute Gasteiger partial charge is 0.258 e. The number of imidazole rings is 1. The van der Waals surface area contributed by atoms with Crippen molar-refractivity contribution < 1.29 is 13.0 Å². The summed E-state index contributed by atoms with van der Waals surface area (Å²) >= 11 is 5.87. The molecule has 0 radical (unpaired) electrons. The predicted octanol–water partition coefficient (Wildman–Crippen LogP) is 3.35. The van der Waals surface area contributed by atoms with Crippen LogP contribution in [0.15, 0.2) is 84.8 Å². The van der Waals surface area contributed by atoms with Crippen molar-refractivity contribution in [2.45, 2.75) is 11.4 Å². The molecule has 0 fully saturated rings. The number of halogens is 1. The molecule has 2 aromatic heterocycles. The molecule has 0 saturated carbocycles. The predicted molar refractivity (Wildman–Crippen MR) is 112 cm³/mol. The van der Waals surface area contributed by atoms with E-state index in [2.05, 4.69) is 21.3 Å². The van der Waals surface area contributed by atoms with Crippen molar-refractivity contribution in [1.82, 2.24) is 14.5 Å². The van der Waals surface area contributed by atoms with Crippen LogP contribution in [0.1, 0.15) is 0 Å². The van der Waals surface area contributed by atoms with E-state index < -0.39 is 10.0 Å². The number of fused-ring (bicyclic) bond motifs is 1. The molecule has 0 amide bonds. The van der Waals surface area contributed by atoms with Crippen molar-refractivity contribution in [3.8, 4) is 5.82 Å². The summed E-state index contributed by atoms with van der Waals surface area (Å²) in [6.45, 7) is 4.34. The van der Waals surface area contributed by atoms with Crippen molar-refractivity contribution in [1.29, 1.82) is 0 Å². The van der Waals surface area contributed by atoms with Gasteiger partial charge in [0.1, 0.15) is 18.9 Å². The Morgan fingerprint density at radius 2 is 1.79 bits per heavy atom. The Hall–Kier alpha value is -3.23. The van der Waals surface area contributed by atoms with E-state index in [0.717, 1.165) is 0 Å². The topological polar surface area (TPSA) is 80.8 Å². The lowest BCUT2D eigenvalue weighted by molar-refractivity contribution is -0.686. The molecule has 146 valence electrons. The number of para-hydroxylation sites is 2. The van der Waals surface area contributed by atoms with E-state index >= 15 is 0 Å². The number of nitrogens with one attached hydrogen (secondary N) is 1. The largest absolute Gasteiger partial charge is 0.270 e. The van der Waals surface area contributed by atoms with Crippen LogP contribution >= 0.6 is 11.6 Å². The third-order valence-corrected chi connectivity index (χ3v) is 5.79. The van der Waals surface area contributed by atoms with Gasteiger partial charge in [0.25, 0.3) is 22.2 Å². The van der Waals surface area contributed by atoms with Crippen LogP contribution in [-0.2, 0) is 16.6 Å². The molecular formula is C20H17ClN5O2S+. The van der Waals surface area contributed by atoms with Gasteiger partial charge in [0.15, 0.2) is 0 Å². The Bertz CT molecular complexity index is 1300. The molecule has 4 aromatic rings. The minimum atomic E-state index is -3.88. The molecule has 0 aliphatic carbocycles. The third-order valence-electron chi connectivity index (χ3n) is 4.18. The monoisotopic (exact) mass is 426 g/mol. The van der Waals surface area contributed by atoms with Crippen LogP contribution in [0.5, 0.6) is 0 Å². The maximum absolute atomic E-state index is 12.9. The minimum absolute atomic E-state index is 0.0806. The zero-order valence-electron chi connectivity index (χ0n) is 15.2. The van der Waals surface area contributed by atoms with Crippen molar-refractivity contribution in [3.63, 3.8) is 0 Å². The van der Waals surface area contributed by atoms with E-state index in [-0.39, 0.29) is 10.7 Å². The summed E-state index contributed by atoms with van der Waals surface area (Å²) in [6, 6.07) is 13.2. The van der Waals surface area contributed by atoms with Crippen LogP contribution in [0.25, 0.3) is 16.9 Å². The fourth-order valence-corrected chi connectivity index (χ4v) is 3.95. The molecule has 29 heavy (non-hydrogen) atoms. The highest BCUT2D eigenvalue weighted by Gasteiger charge is 2.22. The standard InChI is InChI=1S/C20H17ClN5O2S/c1-2-11-25-12-13-26(14-25)20-19(22-17-5-3-4-6-18(17)23-20)24-29(27,28)16-9-7-15(21)8-10-16/h2-10,12-14H,1,11H2,(H,22,24)/q+1. The van der Waals surface area contributed by atoms with E-state index in [1.54, 1.807) is 29.2 Å². The molecule has 0 unspecified atom stereocenters. The molecule has 2 aromatic carbocycles. The first-order valence-electron chi connectivity index (χ1n) is 8.70. The van der Waals surface area contributed by atoms with Gasteiger partial charge in [0.05, 0.1) is 15.9 Å². The van der Waals surface area contributed by atoms with Crippen molar-refractivity contribution in [3.05, 3.63) is 84.9 Å². The quantitative estimate of drug-likeness (QED) is 0.378. The normalized spacial score (nSPS) is 11.5. The minimum Gasteiger partial charge on any atom is -0.258 e. The summed E-state index contributed by atoms with van der Waals surface area (Å²) in [5, 5.41) is 0.453. The number of sulfonamides is 1. The number of anilines is 1. The molecule has 0 saturated heterocycles. The van der Waals surface area contributed by atoms with Gasteiger partial charge in [-0.15, -0.1) is 0 Å². The van der Waals surface area contributed by atoms with Crippen LogP contribution in [0, 0.1) is 0 Å². The van der Waals surface area contributed by atoms with Crippen molar-refractivity contribution in [2.24, 2.45) is 0 Å². The molecule has 7 nitrogen and oxygen atoms in total. The Labute approximate surface area is 173 Å². The van der Waals surface area contributed by atoms with Gasteiger partial charge in [-0.2, -0.15) is 4.57 Å². The highest BCUT2D eigenvalue weighted by molar-refractivity contribution is 7.92. The van der Waals surface area contributed by atoms with Crippen LogP contribution in [0.2, 0.25) is 5.02 Å².